The number of carboxylic acids is 1. The summed E-state index contributed by atoms with van der Waals surface area (Å²) in [6.45, 7) is 3.90. The van der Waals surface area contributed by atoms with Crippen molar-refractivity contribution in [3.05, 3.63) is 12.2 Å². The fourth-order valence-corrected chi connectivity index (χ4v) is 1.17. The van der Waals surface area contributed by atoms with E-state index in [4.69, 9.17) is 5.11 Å². The minimum Gasteiger partial charge on any atom is -0.478 e. The zero-order valence-corrected chi connectivity index (χ0v) is 10.3. The number of ether oxygens (including phenoxy) is 1. The number of likely N-dealkylation sites (N-methyl/N-ethyl adjacent to an activating group) is 1. The molecular weight excluding hydrogens is 242 g/mol. The molecule has 0 aliphatic rings. The number of amides is 1. The molecule has 1 unspecified atom stereocenters. The number of nitrogens with zero attached hydrogens (tertiary/aromatic N) is 1. The molecule has 0 aliphatic heterocycles. The van der Waals surface area contributed by atoms with Gasteiger partial charge < -0.3 is 19.8 Å². The Morgan fingerprint density at radius 2 is 1.78 bits per heavy atom. The minimum absolute atomic E-state index is 0.444. The topological polar surface area (TPSA) is 104 Å². The number of carbonyl (C=O) groups is 3. The van der Waals surface area contributed by atoms with E-state index < -0.39 is 30.6 Å². The number of hydrogen-bond donors (Lipinski definition) is 2. The van der Waals surface area contributed by atoms with Crippen LogP contribution in [0.5, 0.6) is 0 Å². The summed E-state index contributed by atoms with van der Waals surface area (Å²) in [7, 11) is 0. The molecule has 1 amide bonds. The van der Waals surface area contributed by atoms with Crippen molar-refractivity contribution in [1.82, 2.24) is 4.90 Å². The lowest BCUT2D eigenvalue weighted by atomic mass is 10.3. The molecule has 0 bridgehead atoms. The van der Waals surface area contributed by atoms with Gasteiger partial charge in [-0.3, -0.25) is 4.79 Å². The Kier molecular flexibility index (Phi) is 7.37. The molecule has 0 rings (SSSR count). The highest BCUT2D eigenvalue weighted by molar-refractivity contribution is 5.91. The van der Waals surface area contributed by atoms with E-state index in [1.807, 2.05) is 0 Å². The van der Waals surface area contributed by atoms with Crippen molar-refractivity contribution in [2.24, 2.45) is 0 Å². The number of carboxylic acid groups (broad SMARTS) is 1. The lowest BCUT2D eigenvalue weighted by Crippen LogP contribution is -2.41. The number of aliphatic hydroxyl groups excluding tert-OH is 1. The quantitative estimate of drug-likeness (QED) is 0.467. The van der Waals surface area contributed by atoms with Crippen molar-refractivity contribution in [1.29, 1.82) is 0 Å². The summed E-state index contributed by atoms with van der Waals surface area (Å²) in [5.74, 6) is -2.74. The Labute approximate surface area is 105 Å². The van der Waals surface area contributed by atoms with Crippen LogP contribution in [0, 0.1) is 0 Å². The number of hydrogen-bond acceptors (Lipinski definition) is 5. The zero-order valence-electron chi connectivity index (χ0n) is 10.3. The molecule has 0 aromatic rings. The summed E-state index contributed by atoms with van der Waals surface area (Å²) in [4.78, 5) is 34.0. The third-order valence-electron chi connectivity index (χ3n) is 2.11. The van der Waals surface area contributed by atoms with Crippen molar-refractivity contribution >= 4 is 17.8 Å². The third-order valence-corrected chi connectivity index (χ3v) is 2.11. The van der Waals surface area contributed by atoms with Crippen LogP contribution in [0.4, 0.5) is 0 Å². The molecule has 0 aliphatic carbocycles. The van der Waals surface area contributed by atoms with E-state index in [2.05, 4.69) is 4.74 Å². The molecule has 0 saturated heterocycles. The lowest BCUT2D eigenvalue weighted by Gasteiger charge is -2.21. The van der Waals surface area contributed by atoms with Crippen LogP contribution in [0.15, 0.2) is 12.2 Å². The van der Waals surface area contributed by atoms with E-state index in [1.165, 1.54) is 4.90 Å². The zero-order chi connectivity index (χ0) is 14.1. The van der Waals surface area contributed by atoms with Gasteiger partial charge in [-0.25, -0.2) is 9.59 Å². The highest BCUT2D eigenvalue weighted by Gasteiger charge is 2.21. The first-order chi connectivity index (χ1) is 8.42. The molecule has 0 radical (unpaired) electrons. The van der Waals surface area contributed by atoms with Gasteiger partial charge in [-0.2, -0.15) is 0 Å². The van der Waals surface area contributed by atoms with Gasteiger partial charge in [-0.1, -0.05) is 0 Å². The Hall–Kier alpha value is -1.89. The summed E-state index contributed by atoms with van der Waals surface area (Å²) in [6, 6.07) is 0. The predicted molar refractivity (Wildman–Crippen MR) is 61.7 cm³/mol. The van der Waals surface area contributed by atoms with Gasteiger partial charge in [0.15, 0.2) is 6.10 Å². The first-order valence-corrected chi connectivity index (χ1v) is 5.46. The van der Waals surface area contributed by atoms with Gasteiger partial charge in [-0.15, -0.1) is 0 Å². The maximum Gasteiger partial charge on any atom is 0.331 e. The largest absolute Gasteiger partial charge is 0.478 e. The van der Waals surface area contributed by atoms with Crippen LogP contribution in [0.3, 0.4) is 0 Å². The van der Waals surface area contributed by atoms with Crippen LogP contribution >= 0.6 is 0 Å². The average molecular weight is 259 g/mol. The second kappa shape index (κ2) is 8.24. The fraction of sp³-hybridized carbons (Fsp3) is 0.545. The molecule has 0 aromatic heterocycles. The first kappa shape index (κ1) is 16.1. The number of rotatable bonds is 7. The van der Waals surface area contributed by atoms with Gasteiger partial charge >= 0.3 is 11.9 Å². The fourth-order valence-electron chi connectivity index (χ4n) is 1.17. The van der Waals surface area contributed by atoms with Crippen molar-refractivity contribution < 1.29 is 29.3 Å². The summed E-state index contributed by atoms with van der Waals surface area (Å²) < 4.78 is 4.53. The van der Waals surface area contributed by atoms with Gasteiger partial charge in [0.05, 0.1) is 0 Å². The Bertz CT molecular complexity index is 334. The van der Waals surface area contributed by atoms with E-state index in [0.29, 0.717) is 25.2 Å². The van der Waals surface area contributed by atoms with Gasteiger partial charge in [0.25, 0.3) is 5.91 Å². The van der Waals surface area contributed by atoms with Gasteiger partial charge in [0, 0.05) is 25.2 Å². The number of aliphatic carboxylic acids is 1. The van der Waals surface area contributed by atoms with Crippen LogP contribution in [-0.4, -0.2) is 58.8 Å². The smallest absolute Gasteiger partial charge is 0.331 e. The monoisotopic (exact) mass is 259 g/mol. The molecule has 102 valence electrons. The Morgan fingerprint density at radius 3 is 2.22 bits per heavy atom. The van der Waals surface area contributed by atoms with Crippen LogP contribution in [-0.2, 0) is 19.1 Å². The van der Waals surface area contributed by atoms with E-state index in [1.54, 1.807) is 13.8 Å². The normalized spacial score (nSPS) is 12.2. The molecule has 0 fully saturated rings. The summed E-state index contributed by atoms with van der Waals surface area (Å²) in [6.07, 6.45) is -0.121. The molecule has 2 N–H and O–H groups in total. The van der Waals surface area contributed by atoms with Crippen molar-refractivity contribution in [2.75, 3.05) is 19.7 Å². The van der Waals surface area contributed by atoms with E-state index in [0.717, 1.165) is 0 Å². The van der Waals surface area contributed by atoms with Gasteiger partial charge in [-0.05, 0) is 13.8 Å². The summed E-state index contributed by atoms with van der Waals surface area (Å²) in [5.41, 5.74) is 0. The molecule has 0 spiro atoms. The van der Waals surface area contributed by atoms with Crippen molar-refractivity contribution in [3.63, 3.8) is 0 Å². The van der Waals surface area contributed by atoms with Crippen LogP contribution in [0.25, 0.3) is 0 Å². The number of aliphatic hydroxyl groups is 1. The van der Waals surface area contributed by atoms with E-state index >= 15 is 0 Å². The molecule has 7 nitrogen and oxygen atoms in total. The second-order valence-corrected chi connectivity index (χ2v) is 3.33. The number of carbonyl (C=O) groups excluding carboxylic acids is 2. The molecule has 0 saturated carbocycles. The van der Waals surface area contributed by atoms with Crippen LogP contribution in [0.2, 0.25) is 0 Å². The highest BCUT2D eigenvalue weighted by Crippen LogP contribution is 1.97. The van der Waals surface area contributed by atoms with Crippen molar-refractivity contribution in [2.45, 2.75) is 20.0 Å². The Morgan fingerprint density at radius 1 is 1.22 bits per heavy atom. The standard InChI is InChI=1S/C11H17NO6/c1-3-12(4-2)11(17)8(13)7-18-10(16)6-5-9(14)15/h5-6,8,13H,3-4,7H2,1-2H3,(H,14,15)/b6-5+. The van der Waals surface area contributed by atoms with Crippen LogP contribution < -0.4 is 0 Å². The molecule has 1 atom stereocenters. The van der Waals surface area contributed by atoms with Crippen LogP contribution in [0.1, 0.15) is 13.8 Å². The van der Waals surface area contributed by atoms with E-state index in [-0.39, 0.29) is 0 Å². The summed E-state index contributed by atoms with van der Waals surface area (Å²) >= 11 is 0. The number of esters is 1. The summed E-state index contributed by atoms with van der Waals surface area (Å²) in [5, 5.41) is 17.7. The maximum absolute atomic E-state index is 11.6. The predicted octanol–water partition coefficient (Wildman–Crippen LogP) is -0.600. The highest BCUT2D eigenvalue weighted by atomic mass is 16.5. The molecule has 0 aromatic carbocycles. The van der Waals surface area contributed by atoms with E-state index in [9.17, 15) is 19.5 Å². The minimum atomic E-state index is -1.44. The molecule has 18 heavy (non-hydrogen) atoms. The SMILES string of the molecule is CCN(CC)C(=O)C(O)COC(=O)/C=C/C(=O)O. The van der Waals surface area contributed by atoms with Crippen molar-refractivity contribution in [3.8, 4) is 0 Å². The second-order valence-electron chi connectivity index (χ2n) is 3.33. The first-order valence-electron chi connectivity index (χ1n) is 5.46. The molecule has 0 heterocycles. The van der Waals surface area contributed by atoms with Gasteiger partial charge in [0.1, 0.15) is 6.61 Å². The Balaban J connectivity index is 4.17. The molecular formula is C11H17NO6. The third kappa shape index (κ3) is 6.00. The lowest BCUT2D eigenvalue weighted by molar-refractivity contribution is -0.149. The maximum atomic E-state index is 11.6. The molecule has 7 heteroatoms. The average Bonchev–Trinajstić information content (AvgIpc) is 2.34. The van der Waals surface area contributed by atoms with Gasteiger partial charge in [0.2, 0.25) is 0 Å².